The smallest absolute Gasteiger partial charge is 0.182 e. The van der Waals surface area contributed by atoms with Crippen LogP contribution in [0.15, 0.2) is 30.3 Å². The van der Waals surface area contributed by atoms with Crippen molar-refractivity contribution in [2.24, 2.45) is 23.7 Å². The molecule has 1 saturated carbocycles. The van der Waals surface area contributed by atoms with Crippen LogP contribution in [0.1, 0.15) is 18.9 Å². The van der Waals surface area contributed by atoms with Gasteiger partial charge >= 0.3 is 0 Å². The van der Waals surface area contributed by atoms with Gasteiger partial charge in [0.25, 0.3) is 0 Å². The number of rotatable bonds is 4. The summed E-state index contributed by atoms with van der Waals surface area (Å²) in [6, 6.07) is 10.4. The van der Waals surface area contributed by atoms with Gasteiger partial charge in [-0.2, -0.15) is 0 Å². The lowest BCUT2D eigenvalue weighted by atomic mass is 9.80. The summed E-state index contributed by atoms with van der Waals surface area (Å²) in [7, 11) is 3.43. The van der Waals surface area contributed by atoms with E-state index in [9.17, 15) is 0 Å². The van der Waals surface area contributed by atoms with Crippen LogP contribution in [-0.2, 0) is 30.1 Å². The number of hydrogen-bond acceptors (Lipinski definition) is 5. The minimum atomic E-state index is -0.667. The van der Waals surface area contributed by atoms with Crippen LogP contribution in [-0.4, -0.2) is 38.4 Å². The first kappa shape index (κ1) is 15.3. The Bertz CT molecular complexity index is 636. The van der Waals surface area contributed by atoms with E-state index in [1.54, 1.807) is 14.2 Å². The molecule has 24 heavy (non-hydrogen) atoms. The van der Waals surface area contributed by atoms with Crippen LogP contribution in [0.5, 0.6) is 0 Å². The molecule has 0 radical (unpaired) electrons. The van der Waals surface area contributed by atoms with E-state index in [1.807, 2.05) is 13.0 Å². The summed E-state index contributed by atoms with van der Waals surface area (Å²) in [5, 5.41) is 0. The summed E-state index contributed by atoms with van der Waals surface area (Å²) < 4.78 is 30.4. The lowest BCUT2D eigenvalue weighted by Crippen LogP contribution is -2.41. The Hall–Kier alpha value is -0.980. The van der Waals surface area contributed by atoms with Gasteiger partial charge in [-0.15, -0.1) is 0 Å². The van der Waals surface area contributed by atoms with Gasteiger partial charge in [0.15, 0.2) is 24.2 Å². The second kappa shape index (κ2) is 5.02. The van der Waals surface area contributed by atoms with Crippen molar-refractivity contribution >= 4 is 0 Å². The molecule has 3 aliphatic heterocycles. The first-order valence-corrected chi connectivity index (χ1v) is 8.75. The van der Waals surface area contributed by atoms with Crippen LogP contribution in [0.4, 0.5) is 0 Å². The van der Waals surface area contributed by atoms with Crippen molar-refractivity contribution in [3.05, 3.63) is 35.9 Å². The molecule has 0 unspecified atom stereocenters. The maximum Gasteiger partial charge on any atom is 0.182 e. The molecule has 8 atom stereocenters. The van der Waals surface area contributed by atoms with E-state index in [2.05, 4.69) is 24.3 Å². The zero-order chi connectivity index (χ0) is 16.5. The lowest BCUT2D eigenvalue weighted by Gasteiger charge is -2.33. The molecule has 0 bridgehead atoms. The van der Waals surface area contributed by atoms with E-state index in [4.69, 9.17) is 23.7 Å². The van der Waals surface area contributed by atoms with Gasteiger partial charge in [-0.3, -0.25) is 0 Å². The fraction of sp³-hybridized carbons (Fsp3) is 0.684. The molecule has 0 spiro atoms. The highest BCUT2D eigenvalue weighted by atomic mass is 16.9. The zero-order valence-corrected chi connectivity index (χ0v) is 14.3. The summed E-state index contributed by atoms with van der Waals surface area (Å²) in [5.41, 5.74) is 1.21. The van der Waals surface area contributed by atoms with Crippen LogP contribution in [0.3, 0.4) is 0 Å². The molecule has 1 aromatic carbocycles. The van der Waals surface area contributed by atoms with E-state index in [0.717, 1.165) is 6.42 Å². The second-order valence-electron chi connectivity index (χ2n) is 7.65. The molecule has 1 aliphatic carbocycles. The van der Waals surface area contributed by atoms with Gasteiger partial charge in [-0.1, -0.05) is 30.3 Å². The van der Waals surface area contributed by atoms with Crippen LogP contribution >= 0.6 is 0 Å². The molecule has 5 heteroatoms. The van der Waals surface area contributed by atoms with E-state index >= 15 is 0 Å². The Kier molecular flexibility index (Phi) is 3.20. The normalized spacial score (nSPS) is 51.3. The summed E-state index contributed by atoms with van der Waals surface area (Å²) in [4.78, 5) is 0. The highest BCUT2D eigenvalue weighted by Gasteiger charge is 2.78. The van der Waals surface area contributed by atoms with Crippen molar-refractivity contribution in [2.45, 2.75) is 43.9 Å². The first-order valence-electron chi connectivity index (χ1n) is 8.75. The predicted octanol–water partition coefficient (Wildman–Crippen LogP) is 2.55. The number of ether oxygens (including phenoxy) is 5. The molecule has 4 fully saturated rings. The molecule has 4 aliphatic rings. The maximum absolute atomic E-state index is 6.55. The minimum absolute atomic E-state index is 0.196. The van der Waals surface area contributed by atoms with Gasteiger partial charge in [-0.05, 0) is 18.9 Å². The van der Waals surface area contributed by atoms with Crippen LogP contribution < -0.4 is 0 Å². The van der Waals surface area contributed by atoms with Crippen molar-refractivity contribution in [3.8, 4) is 0 Å². The van der Waals surface area contributed by atoms with Gasteiger partial charge in [0, 0.05) is 44.3 Å². The maximum atomic E-state index is 6.55. The van der Waals surface area contributed by atoms with Crippen LogP contribution in [0.25, 0.3) is 0 Å². The Balaban J connectivity index is 1.55. The van der Waals surface area contributed by atoms with Crippen LogP contribution in [0, 0.1) is 23.7 Å². The molecule has 1 aromatic rings. The van der Waals surface area contributed by atoms with E-state index in [0.29, 0.717) is 18.3 Å². The monoisotopic (exact) mass is 332 g/mol. The Morgan fingerprint density at radius 2 is 1.67 bits per heavy atom. The molecule has 3 heterocycles. The topological polar surface area (TPSA) is 46.2 Å². The van der Waals surface area contributed by atoms with Crippen molar-refractivity contribution in [2.75, 3.05) is 14.2 Å². The third-order valence-corrected chi connectivity index (χ3v) is 6.47. The van der Waals surface area contributed by atoms with Crippen molar-refractivity contribution < 1.29 is 23.7 Å². The molecular weight excluding hydrogens is 308 g/mol. The highest BCUT2D eigenvalue weighted by molar-refractivity contribution is 5.22. The average Bonchev–Trinajstić information content (AvgIpc) is 3.24. The van der Waals surface area contributed by atoms with Gasteiger partial charge in [-0.25, -0.2) is 0 Å². The Morgan fingerprint density at radius 1 is 1.00 bits per heavy atom. The minimum Gasteiger partial charge on any atom is -0.355 e. The average molecular weight is 332 g/mol. The SMILES string of the molecule is CO[C@H]1O[C@]2(Cc3ccccc3)O[C@]3(C)O[C@@H](OC)[C@@H]4C[C@H]1[C@@H]2[C@@H]43. The quantitative estimate of drug-likeness (QED) is 0.848. The fourth-order valence-electron chi connectivity index (χ4n) is 5.82. The number of benzene rings is 1. The summed E-state index contributed by atoms with van der Waals surface area (Å²) in [6.07, 6.45) is 1.31. The molecule has 0 amide bonds. The second-order valence-corrected chi connectivity index (χ2v) is 7.65. The van der Waals surface area contributed by atoms with Crippen molar-refractivity contribution in [3.63, 3.8) is 0 Å². The summed E-state index contributed by atoms with van der Waals surface area (Å²) in [5.74, 6) is -0.0712. The third-order valence-electron chi connectivity index (χ3n) is 6.47. The zero-order valence-electron chi connectivity index (χ0n) is 14.3. The molecular formula is C19H24O5. The van der Waals surface area contributed by atoms with Gasteiger partial charge in [0.1, 0.15) is 0 Å². The highest BCUT2D eigenvalue weighted by Crippen LogP contribution is 2.69. The lowest BCUT2D eigenvalue weighted by molar-refractivity contribution is -0.350. The molecule has 0 N–H and O–H groups in total. The predicted molar refractivity (Wildman–Crippen MR) is 84.7 cm³/mol. The van der Waals surface area contributed by atoms with E-state index in [-0.39, 0.29) is 24.4 Å². The Morgan fingerprint density at radius 3 is 2.38 bits per heavy atom. The largest absolute Gasteiger partial charge is 0.355 e. The molecule has 5 rings (SSSR count). The van der Waals surface area contributed by atoms with Gasteiger partial charge < -0.3 is 23.7 Å². The van der Waals surface area contributed by atoms with Crippen molar-refractivity contribution in [1.82, 2.24) is 0 Å². The summed E-state index contributed by atoms with van der Waals surface area (Å²) in [6.45, 7) is 2.04. The van der Waals surface area contributed by atoms with Crippen molar-refractivity contribution in [1.29, 1.82) is 0 Å². The van der Waals surface area contributed by atoms with Gasteiger partial charge in [0.2, 0.25) is 0 Å². The number of hydrogen-bond donors (Lipinski definition) is 0. The number of methoxy groups -OCH3 is 2. The fourth-order valence-corrected chi connectivity index (χ4v) is 5.82. The Labute approximate surface area is 142 Å². The summed E-state index contributed by atoms with van der Waals surface area (Å²) >= 11 is 0. The van der Waals surface area contributed by atoms with Crippen LogP contribution in [0.2, 0.25) is 0 Å². The van der Waals surface area contributed by atoms with E-state index < -0.39 is 11.6 Å². The molecule has 5 nitrogen and oxygen atoms in total. The standard InChI is InChI=1S/C19H24O5/c1-18-14-12(16(20-2)22-18)9-13-15(14)19(24-18,23-17(13)21-3)10-11-7-5-4-6-8-11/h4-8,12-17H,9-10H2,1-3H3/t12-,13+,14-,15-,16-,17+,18+,19-/m1/s1. The molecule has 0 aromatic heterocycles. The van der Waals surface area contributed by atoms with E-state index in [1.165, 1.54) is 5.56 Å². The van der Waals surface area contributed by atoms with Gasteiger partial charge in [0.05, 0.1) is 0 Å². The molecule has 3 saturated heterocycles. The first-order chi connectivity index (χ1) is 11.6. The third kappa shape index (κ3) is 1.82. The molecule has 130 valence electrons.